The lowest BCUT2D eigenvalue weighted by Crippen LogP contribution is -2.28. The predicted molar refractivity (Wildman–Crippen MR) is 115 cm³/mol. The topological polar surface area (TPSA) is 71.1 Å². The zero-order valence-corrected chi connectivity index (χ0v) is 17.3. The first-order chi connectivity index (χ1) is 15.5. The second-order valence-corrected chi connectivity index (χ2v) is 7.88. The van der Waals surface area contributed by atoms with Crippen LogP contribution in [0.4, 0.5) is 8.78 Å². The Morgan fingerprint density at radius 3 is 2.69 bits per heavy atom. The van der Waals surface area contributed by atoms with Gasteiger partial charge in [0.1, 0.15) is 11.9 Å². The van der Waals surface area contributed by atoms with Gasteiger partial charge in [0.05, 0.1) is 17.1 Å². The Morgan fingerprint density at radius 2 is 1.94 bits per heavy atom. The highest BCUT2D eigenvalue weighted by molar-refractivity contribution is 5.93. The van der Waals surface area contributed by atoms with Crippen LogP contribution in [0.15, 0.2) is 54.7 Å². The van der Waals surface area contributed by atoms with Crippen molar-refractivity contribution in [3.8, 4) is 17.0 Å². The van der Waals surface area contributed by atoms with E-state index >= 15 is 4.39 Å². The molecule has 1 aliphatic carbocycles. The Hall–Kier alpha value is -3.81. The molecule has 0 unspecified atom stereocenters. The van der Waals surface area contributed by atoms with E-state index in [0.29, 0.717) is 22.0 Å². The summed E-state index contributed by atoms with van der Waals surface area (Å²) in [7, 11) is 1.54. The number of aromatic amines is 1. The van der Waals surface area contributed by atoms with Gasteiger partial charge in [-0.2, -0.15) is 5.10 Å². The summed E-state index contributed by atoms with van der Waals surface area (Å²) in [6, 6.07) is 13.4. The highest BCUT2D eigenvalue weighted by Gasteiger charge is 2.28. The van der Waals surface area contributed by atoms with Gasteiger partial charge in [-0.25, -0.2) is 13.8 Å². The molecule has 2 aromatic heterocycles. The molecule has 4 aromatic rings. The fourth-order valence-electron chi connectivity index (χ4n) is 3.58. The Balaban J connectivity index is 1.47. The number of benzene rings is 2. The number of carbonyl (C=O) groups is 1. The molecule has 2 heterocycles. The van der Waals surface area contributed by atoms with Crippen molar-refractivity contribution in [1.29, 1.82) is 0 Å². The number of nitrogens with one attached hydrogen (secondary N) is 1. The summed E-state index contributed by atoms with van der Waals surface area (Å²) in [6.07, 6.45) is 3.23. The van der Waals surface area contributed by atoms with Crippen LogP contribution in [-0.2, 0) is 6.54 Å². The van der Waals surface area contributed by atoms with Gasteiger partial charge < -0.3 is 9.64 Å². The van der Waals surface area contributed by atoms with Gasteiger partial charge in [0, 0.05) is 19.2 Å². The van der Waals surface area contributed by atoms with E-state index in [4.69, 9.17) is 4.74 Å². The molecule has 0 spiro atoms. The summed E-state index contributed by atoms with van der Waals surface area (Å²) in [5, 5.41) is 6.96. The molecule has 2 aromatic carbocycles. The number of amides is 1. The van der Waals surface area contributed by atoms with Crippen molar-refractivity contribution in [3.63, 3.8) is 0 Å². The van der Waals surface area contributed by atoms with Gasteiger partial charge in [0.15, 0.2) is 11.5 Å². The van der Waals surface area contributed by atoms with Gasteiger partial charge in [0.25, 0.3) is 5.91 Å². The van der Waals surface area contributed by atoms with E-state index in [1.807, 2.05) is 30.3 Å². The van der Waals surface area contributed by atoms with Gasteiger partial charge in [-0.1, -0.05) is 36.4 Å². The van der Waals surface area contributed by atoms with Crippen molar-refractivity contribution < 1.29 is 18.3 Å². The largest absolute Gasteiger partial charge is 0.474 e. The highest BCUT2D eigenvalue weighted by atomic mass is 19.1. The van der Waals surface area contributed by atoms with Crippen LogP contribution in [-0.4, -0.2) is 39.1 Å². The van der Waals surface area contributed by atoms with Crippen LogP contribution in [0.1, 0.15) is 28.9 Å². The van der Waals surface area contributed by atoms with Gasteiger partial charge in [-0.3, -0.25) is 9.89 Å². The number of hydrogen-bond donors (Lipinski definition) is 1. The normalized spacial score (nSPS) is 13.3. The van der Waals surface area contributed by atoms with Crippen LogP contribution < -0.4 is 4.74 Å². The molecule has 1 fully saturated rings. The molecule has 1 saturated carbocycles. The number of ether oxygens (including phenoxy) is 1. The van der Waals surface area contributed by atoms with E-state index in [0.717, 1.165) is 18.4 Å². The molecule has 1 amide bonds. The molecule has 32 heavy (non-hydrogen) atoms. The van der Waals surface area contributed by atoms with Crippen molar-refractivity contribution in [2.75, 3.05) is 7.05 Å². The molecule has 162 valence electrons. The first kappa shape index (κ1) is 20.1. The lowest BCUT2D eigenvalue weighted by Gasteiger charge is -2.19. The van der Waals surface area contributed by atoms with Crippen LogP contribution in [0.25, 0.3) is 22.0 Å². The molecule has 0 aliphatic heterocycles. The van der Waals surface area contributed by atoms with Crippen molar-refractivity contribution in [1.82, 2.24) is 20.1 Å². The molecule has 1 aliphatic rings. The molecule has 6 nitrogen and oxygen atoms in total. The average Bonchev–Trinajstić information content (AvgIpc) is 3.47. The number of hydrogen-bond acceptors (Lipinski definition) is 4. The summed E-state index contributed by atoms with van der Waals surface area (Å²) in [4.78, 5) is 18.7. The number of pyridine rings is 1. The van der Waals surface area contributed by atoms with Crippen LogP contribution >= 0.6 is 0 Å². The number of fused-ring (bicyclic) bond motifs is 1. The maximum Gasteiger partial charge on any atom is 0.275 e. The Morgan fingerprint density at radius 1 is 1.16 bits per heavy atom. The lowest BCUT2D eigenvalue weighted by atomic mass is 10.1. The van der Waals surface area contributed by atoms with Gasteiger partial charge in [-0.15, -0.1) is 0 Å². The van der Waals surface area contributed by atoms with E-state index in [2.05, 4.69) is 15.2 Å². The minimum atomic E-state index is -0.727. The molecule has 0 atom stereocenters. The number of aromatic nitrogens is 3. The zero-order valence-electron chi connectivity index (χ0n) is 17.3. The van der Waals surface area contributed by atoms with E-state index in [-0.39, 0.29) is 24.2 Å². The number of carbonyl (C=O) groups excluding carboxylic acids is 1. The molecule has 8 heteroatoms. The summed E-state index contributed by atoms with van der Waals surface area (Å²) in [5.74, 6) is -1.48. The first-order valence-corrected chi connectivity index (χ1v) is 10.3. The first-order valence-electron chi connectivity index (χ1n) is 10.3. The highest BCUT2D eigenvalue weighted by Crippen LogP contribution is 2.35. The number of H-pyrrole nitrogens is 1. The Bertz CT molecular complexity index is 1300. The molecular weight excluding hydrogens is 414 g/mol. The van der Waals surface area contributed by atoms with Crippen LogP contribution in [0.2, 0.25) is 0 Å². The number of rotatable bonds is 6. The maximum absolute atomic E-state index is 15.0. The molecule has 1 N–H and O–H groups in total. The monoisotopic (exact) mass is 434 g/mol. The smallest absolute Gasteiger partial charge is 0.275 e. The molecule has 0 bridgehead atoms. The fourth-order valence-corrected chi connectivity index (χ4v) is 3.58. The van der Waals surface area contributed by atoms with E-state index < -0.39 is 17.5 Å². The fraction of sp³-hybridized carbons (Fsp3) is 0.208. The van der Waals surface area contributed by atoms with Gasteiger partial charge in [0.2, 0.25) is 5.88 Å². The van der Waals surface area contributed by atoms with Crippen molar-refractivity contribution in [3.05, 3.63) is 77.6 Å². The minimum absolute atomic E-state index is 0.0315. The van der Waals surface area contributed by atoms with Crippen LogP contribution in [0, 0.1) is 11.6 Å². The maximum atomic E-state index is 15.0. The Labute approximate surface area is 182 Å². The molecule has 5 rings (SSSR count). The molecule has 0 saturated heterocycles. The van der Waals surface area contributed by atoms with E-state index in [1.165, 1.54) is 23.2 Å². The Kier molecular flexibility index (Phi) is 5.05. The lowest BCUT2D eigenvalue weighted by molar-refractivity contribution is 0.0773. The summed E-state index contributed by atoms with van der Waals surface area (Å²) < 4.78 is 34.9. The molecule has 0 radical (unpaired) electrons. The zero-order chi connectivity index (χ0) is 22.2. The van der Waals surface area contributed by atoms with Crippen molar-refractivity contribution >= 4 is 16.8 Å². The molecular formula is C24H20F2N4O2. The van der Waals surface area contributed by atoms with Gasteiger partial charge in [-0.05, 0) is 36.1 Å². The second-order valence-electron chi connectivity index (χ2n) is 7.88. The summed E-state index contributed by atoms with van der Waals surface area (Å²) >= 11 is 0. The average molecular weight is 434 g/mol. The third-order valence-electron chi connectivity index (χ3n) is 5.43. The predicted octanol–water partition coefficient (Wildman–Crippen LogP) is 4.72. The van der Waals surface area contributed by atoms with Gasteiger partial charge >= 0.3 is 0 Å². The quantitative estimate of drug-likeness (QED) is 0.477. The van der Waals surface area contributed by atoms with Crippen molar-refractivity contribution in [2.24, 2.45) is 0 Å². The number of halogens is 2. The van der Waals surface area contributed by atoms with Crippen LogP contribution in [0.5, 0.6) is 5.88 Å². The standard InChI is InChI=1S/C24H20F2N4O2/c1-30(13-15-7-10-19(25)18-12-27-29-21(15)18)24(31)22-20(26)11-17(14-5-3-2-4-6-14)23(28-22)32-16-8-9-16/h2-7,10-12,16H,8-9,13H2,1H3,(H,27,29). The van der Waals surface area contributed by atoms with Crippen LogP contribution in [0.3, 0.4) is 0 Å². The van der Waals surface area contributed by atoms with E-state index in [9.17, 15) is 9.18 Å². The SMILES string of the molecule is CN(Cc1ccc(F)c2cn[nH]c12)C(=O)c1nc(OC2CC2)c(-c2ccccc2)cc1F. The third kappa shape index (κ3) is 3.79. The van der Waals surface area contributed by atoms with E-state index in [1.54, 1.807) is 13.1 Å². The van der Waals surface area contributed by atoms with Crippen molar-refractivity contribution in [2.45, 2.75) is 25.5 Å². The third-order valence-corrected chi connectivity index (χ3v) is 5.43. The minimum Gasteiger partial charge on any atom is -0.474 e. The number of nitrogens with zero attached hydrogens (tertiary/aromatic N) is 3. The summed E-state index contributed by atoms with van der Waals surface area (Å²) in [6.45, 7) is 0.123. The second kappa shape index (κ2) is 8.03. The summed E-state index contributed by atoms with van der Waals surface area (Å²) in [5.41, 5.74) is 2.10.